The SMILES string of the molecule is COc1ccc(-c2cc(NC[C@H](O)CN3CCCCC3)c3ccccc3n2)cc1. The van der Waals surface area contributed by atoms with Gasteiger partial charge in [0.25, 0.3) is 0 Å². The first kappa shape index (κ1) is 19.7. The second kappa shape index (κ2) is 9.25. The molecule has 1 fully saturated rings. The van der Waals surface area contributed by atoms with Gasteiger partial charge in [-0.1, -0.05) is 24.6 Å². The smallest absolute Gasteiger partial charge is 0.118 e. The highest BCUT2D eigenvalue weighted by molar-refractivity contribution is 5.93. The van der Waals surface area contributed by atoms with Crippen molar-refractivity contribution in [3.8, 4) is 17.0 Å². The number of anilines is 1. The molecule has 0 aliphatic carbocycles. The Morgan fingerprint density at radius 1 is 1.07 bits per heavy atom. The van der Waals surface area contributed by atoms with Crippen molar-refractivity contribution in [3.63, 3.8) is 0 Å². The molecule has 29 heavy (non-hydrogen) atoms. The Bertz CT molecular complexity index is 937. The molecular formula is C24H29N3O2. The van der Waals surface area contributed by atoms with Gasteiger partial charge in [0.2, 0.25) is 0 Å². The molecule has 3 aromatic rings. The number of hydrogen-bond acceptors (Lipinski definition) is 5. The van der Waals surface area contributed by atoms with Gasteiger partial charge in [-0.3, -0.25) is 0 Å². The Morgan fingerprint density at radius 3 is 2.59 bits per heavy atom. The quantitative estimate of drug-likeness (QED) is 0.633. The zero-order valence-electron chi connectivity index (χ0n) is 17.0. The lowest BCUT2D eigenvalue weighted by atomic mass is 10.1. The maximum absolute atomic E-state index is 10.5. The fraction of sp³-hybridized carbons (Fsp3) is 0.375. The van der Waals surface area contributed by atoms with E-state index in [1.165, 1.54) is 19.3 Å². The standard InChI is InChI=1S/C24H29N3O2/c1-29-20-11-9-18(10-12-20)23-15-24(21-7-3-4-8-22(21)26-23)25-16-19(28)17-27-13-5-2-6-14-27/h3-4,7-12,15,19,28H,2,5-6,13-14,16-17H2,1H3,(H,25,26)/t19-/m0/s1. The summed E-state index contributed by atoms with van der Waals surface area (Å²) in [7, 11) is 1.67. The van der Waals surface area contributed by atoms with E-state index in [1.54, 1.807) is 7.11 Å². The molecule has 1 atom stereocenters. The molecule has 4 rings (SSSR count). The molecule has 2 N–H and O–H groups in total. The maximum Gasteiger partial charge on any atom is 0.118 e. The van der Waals surface area contributed by atoms with Crippen LogP contribution >= 0.6 is 0 Å². The van der Waals surface area contributed by atoms with E-state index in [1.807, 2.05) is 42.5 Å². The molecule has 2 aromatic carbocycles. The number of nitrogens with one attached hydrogen (secondary N) is 1. The lowest BCUT2D eigenvalue weighted by molar-refractivity contribution is 0.110. The van der Waals surface area contributed by atoms with E-state index in [0.717, 1.165) is 53.2 Å². The van der Waals surface area contributed by atoms with Crippen LogP contribution in [0.15, 0.2) is 54.6 Å². The molecule has 0 spiro atoms. The number of likely N-dealkylation sites (tertiary alicyclic amines) is 1. The number of pyridine rings is 1. The number of β-amino-alcohol motifs (C(OH)–C–C–N with tert-alkyl or cyclic N) is 1. The van der Waals surface area contributed by atoms with Gasteiger partial charge in [-0.2, -0.15) is 0 Å². The highest BCUT2D eigenvalue weighted by atomic mass is 16.5. The fourth-order valence-electron chi connectivity index (χ4n) is 3.96. The first-order chi connectivity index (χ1) is 14.2. The minimum absolute atomic E-state index is 0.399. The van der Waals surface area contributed by atoms with Crippen molar-refractivity contribution in [2.75, 3.05) is 38.6 Å². The maximum atomic E-state index is 10.5. The summed E-state index contributed by atoms with van der Waals surface area (Å²) < 4.78 is 5.26. The lowest BCUT2D eigenvalue weighted by Gasteiger charge is -2.28. The fourth-order valence-corrected chi connectivity index (χ4v) is 3.96. The van der Waals surface area contributed by atoms with E-state index in [9.17, 15) is 5.11 Å². The summed E-state index contributed by atoms with van der Waals surface area (Å²) in [6, 6.07) is 18.1. The number of hydrogen-bond donors (Lipinski definition) is 2. The van der Waals surface area contributed by atoms with Crippen LogP contribution < -0.4 is 10.1 Å². The molecule has 2 heterocycles. The minimum atomic E-state index is -0.399. The average molecular weight is 392 g/mol. The Balaban J connectivity index is 1.53. The van der Waals surface area contributed by atoms with E-state index >= 15 is 0 Å². The zero-order chi connectivity index (χ0) is 20.1. The predicted molar refractivity (Wildman–Crippen MR) is 119 cm³/mol. The largest absolute Gasteiger partial charge is 0.497 e. The van der Waals surface area contributed by atoms with Gasteiger partial charge in [0.1, 0.15) is 5.75 Å². The van der Waals surface area contributed by atoms with Crippen LogP contribution in [0.4, 0.5) is 5.69 Å². The number of aromatic nitrogens is 1. The summed E-state index contributed by atoms with van der Waals surface area (Å²) >= 11 is 0. The van der Waals surface area contributed by atoms with Crippen LogP contribution in [0.3, 0.4) is 0 Å². The summed E-state index contributed by atoms with van der Waals surface area (Å²) in [5.74, 6) is 0.828. The second-order valence-electron chi connectivity index (χ2n) is 7.70. The third-order valence-electron chi connectivity index (χ3n) is 5.55. The molecule has 1 aliphatic rings. The first-order valence-corrected chi connectivity index (χ1v) is 10.4. The van der Waals surface area contributed by atoms with Crippen molar-refractivity contribution in [3.05, 3.63) is 54.6 Å². The molecule has 0 bridgehead atoms. The van der Waals surface area contributed by atoms with Crippen molar-refractivity contribution in [1.82, 2.24) is 9.88 Å². The van der Waals surface area contributed by atoms with Crippen molar-refractivity contribution in [2.45, 2.75) is 25.4 Å². The number of benzene rings is 2. The van der Waals surface area contributed by atoms with Crippen LogP contribution in [-0.2, 0) is 0 Å². The summed E-state index contributed by atoms with van der Waals surface area (Å²) in [5, 5.41) is 15.1. The number of methoxy groups -OCH3 is 1. The number of piperidine rings is 1. The van der Waals surface area contributed by atoms with Gasteiger partial charge < -0.3 is 20.1 Å². The first-order valence-electron chi connectivity index (χ1n) is 10.4. The summed E-state index contributed by atoms with van der Waals surface area (Å²) in [6.45, 7) is 3.43. The molecule has 1 aromatic heterocycles. The van der Waals surface area contributed by atoms with Gasteiger partial charge in [-0.25, -0.2) is 4.98 Å². The molecule has 5 heteroatoms. The van der Waals surface area contributed by atoms with Gasteiger partial charge in [-0.15, -0.1) is 0 Å². The van der Waals surface area contributed by atoms with E-state index in [-0.39, 0.29) is 0 Å². The van der Waals surface area contributed by atoms with Gasteiger partial charge in [-0.05, 0) is 62.3 Å². The van der Waals surface area contributed by atoms with Gasteiger partial charge in [0, 0.05) is 29.7 Å². The number of rotatable bonds is 7. The highest BCUT2D eigenvalue weighted by Crippen LogP contribution is 2.29. The van der Waals surface area contributed by atoms with E-state index in [0.29, 0.717) is 6.54 Å². The van der Waals surface area contributed by atoms with Gasteiger partial charge in [0.05, 0.1) is 24.4 Å². The summed E-state index contributed by atoms with van der Waals surface area (Å²) in [5.41, 5.74) is 3.88. The Hall–Kier alpha value is -2.63. The Morgan fingerprint density at radius 2 is 1.83 bits per heavy atom. The summed E-state index contributed by atoms with van der Waals surface area (Å²) in [4.78, 5) is 7.20. The number of ether oxygens (including phenoxy) is 1. The van der Waals surface area contributed by atoms with Crippen LogP contribution in [0.25, 0.3) is 22.2 Å². The highest BCUT2D eigenvalue weighted by Gasteiger charge is 2.15. The van der Waals surface area contributed by atoms with Crippen molar-refractivity contribution >= 4 is 16.6 Å². The summed E-state index contributed by atoms with van der Waals surface area (Å²) in [6.07, 6.45) is 3.38. The number of nitrogens with zero attached hydrogens (tertiary/aromatic N) is 2. The molecule has 0 amide bonds. The molecule has 0 unspecified atom stereocenters. The van der Waals surface area contributed by atoms with E-state index in [4.69, 9.17) is 9.72 Å². The average Bonchev–Trinajstić information content (AvgIpc) is 2.78. The van der Waals surface area contributed by atoms with E-state index in [2.05, 4.69) is 22.3 Å². The molecule has 0 saturated carbocycles. The van der Waals surface area contributed by atoms with Crippen LogP contribution in [0, 0.1) is 0 Å². The number of para-hydroxylation sites is 1. The number of aliphatic hydroxyl groups is 1. The van der Waals surface area contributed by atoms with Crippen molar-refractivity contribution in [1.29, 1.82) is 0 Å². The number of fused-ring (bicyclic) bond motifs is 1. The third-order valence-corrected chi connectivity index (χ3v) is 5.55. The normalized spacial score (nSPS) is 15.9. The predicted octanol–water partition coefficient (Wildman–Crippen LogP) is 4.17. The monoisotopic (exact) mass is 391 g/mol. The Kier molecular flexibility index (Phi) is 6.27. The number of aliphatic hydroxyl groups excluding tert-OH is 1. The molecule has 1 aliphatic heterocycles. The Labute approximate surface area is 172 Å². The molecular weight excluding hydrogens is 362 g/mol. The van der Waals surface area contributed by atoms with E-state index < -0.39 is 6.10 Å². The van der Waals surface area contributed by atoms with Crippen LogP contribution in [0.5, 0.6) is 5.75 Å². The second-order valence-corrected chi connectivity index (χ2v) is 7.70. The van der Waals surface area contributed by atoms with Crippen molar-refractivity contribution < 1.29 is 9.84 Å². The third kappa shape index (κ3) is 4.86. The molecule has 152 valence electrons. The molecule has 1 saturated heterocycles. The minimum Gasteiger partial charge on any atom is -0.497 e. The lowest BCUT2D eigenvalue weighted by Crippen LogP contribution is -2.39. The van der Waals surface area contributed by atoms with Gasteiger partial charge in [0.15, 0.2) is 0 Å². The van der Waals surface area contributed by atoms with Gasteiger partial charge >= 0.3 is 0 Å². The topological polar surface area (TPSA) is 57.6 Å². The van der Waals surface area contributed by atoms with Crippen LogP contribution in [0.1, 0.15) is 19.3 Å². The zero-order valence-corrected chi connectivity index (χ0v) is 17.0. The van der Waals surface area contributed by atoms with Crippen LogP contribution in [0.2, 0.25) is 0 Å². The van der Waals surface area contributed by atoms with Crippen molar-refractivity contribution in [2.24, 2.45) is 0 Å². The molecule has 5 nitrogen and oxygen atoms in total. The molecule has 0 radical (unpaired) electrons. The van der Waals surface area contributed by atoms with Crippen LogP contribution in [-0.4, -0.2) is 54.4 Å².